The highest BCUT2D eigenvalue weighted by molar-refractivity contribution is 4.90. The molecule has 0 amide bonds. The van der Waals surface area contributed by atoms with E-state index in [9.17, 15) is 5.11 Å². The fourth-order valence-corrected chi connectivity index (χ4v) is 0.897. The van der Waals surface area contributed by atoms with Crippen LogP contribution in [0.25, 0.3) is 0 Å². The van der Waals surface area contributed by atoms with Crippen molar-refractivity contribution in [2.45, 2.75) is 18.3 Å². The van der Waals surface area contributed by atoms with E-state index in [0.717, 1.165) is 0 Å². The second-order valence-electron chi connectivity index (χ2n) is 2.18. The van der Waals surface area contributed by atoms with E-state index in [4.69, 9.17) is 14.6 Å². The molecule has 4 heteroatoms. The van der Waals surface area contributed by atoms with Crippen molar-refractivity contribution in [2.24, 2.45) is 0 Å². The van der Waals surface area contributed by atoms with Crippen LogP contribution in [0.2, 0.25) is 0 Å². The van der Waals surface area contributed by atoms with E-state index in [1.165, 1.54) is 13.7 Å². The van der Waals surface area contributed by atoms with Crippen LogP contribution in [-0.4, -0.2) is 42.2 Å². The van der Waals surface area contributed by atoms with Gasteiger partial charge in [-0.05, 0) is 0 Å². The highest BCUT2D eigenvalue weighted by Crippen LogP contribution is 2.19. The summed E-state index contributed by atoms with van der Waals surface area (Å²) in [6, 6.07) is 0. The number of hydrogen-bond acceptors (Lipinski definition) is 4. The summed E-state index contributed by atoms with van der Waals surface area (Å²) in [5.41, 5.74) is 0. The number of rotatable bonds is 2. The number of aliphatic hydroxyl groups excluding tert-OH is 2. The molecule has 0 saturated carbocycles. The van der Waals surface area contributed by atoms with Crippen molar-refractivity contribution < 1.29 is 19.7 Å². The molecule has 1 heterocycles. The molecule has 0 aliphatic carbocycles. The molecular formula is C6H11O4. The summed E-state index contributed by atoms with van der Waals surface area (Å²) in [5.74, 6) is 0. The van der Waals surface area contributed by atoms with Crippen LogP contribution >= 0.6 is 0 Å². The van der Waals surface area contributed by atoms with Crippen molar-refractivity contribution in [1.82, 2.24) is 0 Å². The molecule has 0 bridgehead atoms. The van der Waals surface area contributed by atoms with Gasteiger partial charge in [-0.3, -0.25) is 0 Å². The van der Waals surface area contributed by atoms with Gasteiger partial charge in [-0.1, -0.05) is 0 Å². The van der Waals surface area contributed by atoms with Gasteiger partial charge in [0.2, 0.25) is 0 Å². The number of hydrogen-bond donors (Lipinski definition) is 2. The smallest absolute Gasteiger partial charge is 0.116 e. The molecule has 1 aliphatic rings. The Labute approximate surface area is 59.4 Å². The molecule has 3 atom stereocenters. The lowest BCUT2D eigenvalue weighted by molar-refractivity contribution is -0.0138. The molecule has 0 spiro atoms. The molecule has 2 N–H and O–H groups in total. The normalized spacial score (nSPS) is 40.5. The monoisotopic (exact) mass is 147 g/mol. The summed E-state index contributed by atoms with van der Waals surface area (Å²) in [6.07, 6.45) is -1.67. The third kappa shape index (κ3) is 1.29. The standard InChI is InChI=1S/C6H11O4/c1-9-5-3-10-4(2-7)6(5)8/h3-8H,2H2,1H3/t4-,5-,6-/m1/s1. The molecular weight excluding hydrogens is 136 g/mol. The van der Waals surface area contributed by atoms with Gasteiger partial charge < -0.3 is 19.7 Å². The lowest BCUT2D eigenvalue weighted by Gasteiger charge is -2.13. The van der Waals surface area contributed by atoms with Crippen LogP contribution in [0.1, 0.15) is 0 Å². The van der Waals surface area contributed by atoms with Crippen molar-refractivity contribution >= 4 is 0 Å². The molecule has 59 valence electrons. The quantitative estimate of drug-likeness (QED) is 0.521. The Kier molecular flexibility index (Phi) is 2.62. The molecule has 4 nitrogen and oxygen atoms in total. The van der Waals surface area contributed by atoms with Gasteiger partial charge in [0.15, 0.2) is 0 Å². The van der Waals surface area contributed by atoms with E-state index in [0.29, 0.717) is 0 Å². The van der Waals surface area contributed by atoms with Gasteiger partial charge in [-0.15, -0.1) is 0 Å². The molecule has 1 rings (SSSR count). The third-order valence-corrected chi connectivity index (χ3v) is 1.56. The van der Waals surface area contributed by atoms with Crippen LogP contribution in [0.15, 0.2) is 0 Å². The van der Waals surface area contributed by atoms with Gasteiger partial charge in [0, 0.05) is 7.11 Å². The summed E-state index contributed by atoms with van der Waals surface area (Å²) >= 11 is 0. The first-order valence-corrected chi connectivity index (χ1v) is 3.10. The molecule has 0 aromatic rings. The summed E-state index contributed by atoms with van der Waals surface area (Å²) in [5, 5.41) is 17.8. The molecule has 1 aliphatic heterocycles. The van der Waals surface area contributed by atoms with Gasteiger partial charge in [-0.2, -0.15) is 0 Å². The second kappa shape index (κ2) is 3.30. The Hall–Kier alpha value is -0.160. The van der Waals surface area contributed by atoms with E-state index in [-0.39, 0.29) is 6.61 Å². The number of ether oxygens (including phenoxy) is 2. The maximum absolute atomic E-state index is 9.21. The minimum Gasteiger partial charge on any atom is -0.394 e. The van der Waals surface area contributed by atoms with Gasteiger partial charge in [-0.25, -0.2) is 0 Å². The van der Waals surface area contributed by atoms with Gasteiger partial charge in [0.25, 0.3) is 0 Å². The maximum atomic E-state index is 9.21. The van der Waals surface area contributed by atoms with Crippen LogP contribution in [0.5, 0.6) is 0 Å². The van der Waals surface area contributed by atoms with Crippen molar-refractivity contribution in [1.29, 1.82) is 0 Å². The van der Waals surface area contributed by atoms with E-state index < -0.39 is 18.3 Å². The summed E-state index contributed by atoms with van der Waals surface area (Å²) in [6.45, 7) is 1.21. The average Bonchev–Trinajstić information content (AvgIpc) is 2.30. The first kappa shape index (κ1) is 7.94. The Balaban J connectivity index is 2.41. The molecule has 0 unspecified atom stereocenters. The third-order valence-electron chi connectivity index (χ3n) is 1.56. The lowest BCUT2D eigenvalue weighted by atomic mass is 10.2. The van der Waals surface area contributed by atoms with Crippen LogP contribution in [0.3, 0.4) is 0 Å². The Morgan fingerprint density at radius 2 is 2.40 bits per heavy atom. The topological polar surface area (TPSA) is 58.9 Å². The summed E-state index contributed by atoms with van der Waals surface area (Å²) in [7, 11) is 1.48. The Bertz CT molecular complexity index is 93.9. The predicted molar refractivity (Wildman–Crippen MR) is 33.1 cm³/mol. The summed E-state index contributed by atoms with van der Waals surface area (Å²) < 4.78 is 9.68. The van der Waals surface area contributed by atoms with Crippen LogP contribution in [0, 0.1) is 6.61 Å². The molecule has 0 aromatic heterocycles. The molecule has 0 aromatic carbocycles. The van der Waals surface area contributed by atoms with Crippen molar-refractivity contribution in [3.63, 3.8) is 0 Å². The first-order valence-electron chi connectivity index (χ1n) is 3.10. The first-order chi connectivity index (χ1) is 4.79. The Morgan fingerprint density at radius 1 is 1.70 bits per heavy atom. The van der Waals surface area contributed by atoms with Crippen LogP contribution in [-0.2, 0) is 9.47 Å². The zero-order valence-electron chi connectivity index (χ0n) is 5.73. The molecule has 1 fully saturated rings. The van der Waals surface area contributed by atoms with Crippen molar-refractivity contribution in [3.05, 3.63) is 6.61 Å². The minimum atomic E-state index is -0.741. The molecule has 1 saturated heterocycles. The van der Waals surface area contributed by atoms with Crippen molar-refractivity contribution in [2.75, 3.05) is 13.7 Å². The van der Waals surface area contributed by atoms with Crippen LogP contribution in [0.4, 0.5) is 0 Å². The molecule has 1 radical (unpaired) electrons. The van der Waals surface area contributed by atoms with E-state index in [2.05, 4.69) is 0 Å². The zero-order valence-corrected chi connectivity index (χ0v) is 5.73. The van der Waals surface area contributed by atoms with E-state index in [1.807, 2.05) is 0 Å². The van der Waals surface area contributed by atoms with Crippen molar-refractivity contribution in [3.8, 4) is 0 Å². The number of aliphatic hydroxyl groups is 2. The number of methoxy groups -OCH3 is 1. The second-order valence-corrected chi connectivity index (χ2v) is 2.18. The predicted octanol–water partition coefficient (Wildman–Crippen LogP) is -1.08. The highest BCUT2D eigenvalue weighted by Gasteiger charge is 2.35. The average molecular weight is 147 g/mol. The fourth-order valence-electron chi connectivity index (χ4n) is 0.897. The maximum Gasteiger partial charge on any atom is 0.116 e. The lowest BCUT2D eigenvalue weighted by Crippen LogP contribution is -2.32. The SMILES string of the molecule is CO[C@@H]1[CH]O[C@H](CO)[C@H]1O. The highest BCUT2D eigenvalue weighted by atomic mass is 16.6. The molecule has 10 heavy (non-hydrogen) atoms. The largest absolute Gasteiger partial charge is 0.394 e. The zero-order chi connectivity index (χ0) is 7.56. The summed E-state index contributed by atoms with van der Waals surface area (Å²) in [4.78, 5) is 0. The van der Waals surface area contributed by atoms with Gasteiger partial charge in [0.1, 0.15) is 24.9 Å². The van der Waals surface area contributed by atoms with E-state index in [1.54, 1.807) is 0 Å². The van der Waals surface area contributed by atoms with Gasteiger partial charge >= 0.3 is 0 Å². The van der Waals surface area contributed by atoms with Gasteiger partial charge in [0.05, 0.1) is 6.61 Å². The Morgan fingerprint density at radius 3 is 2.70 bits per heavy atom. The van der Waals surface area contributed by atoms with Crippen LogP contribution < -0.4 is 0 Å². The minimum absolute atomic E-state index is 0.183. The van der Waals surface area contributed by atoms with E-state index >= 15 is 0 Å². The fraction of sp³-hybridized carbons (Fsp3) is 0.833.